The summed E-state index contributed by atoms with van der Waals surface area (Å²) < 4.78 is 49.3. The van der Waals surface area contributed by atoms with Crippen molar-refractivity contribution >= 4 is 17.4 Å². The summed E-state index contributed by atoms with van der Waals surface area (Å²) in [5.74, 6) is -3.91. The van der Waals surface area contributed by atoms with Crippen molar-refractivity contribution in [1.82, 2.24) is 0 Å². The highest BCUT2D eigenvalue weighted by Crippen LogP contribution is 2.27. The van der Waals surface area contributed by atoms with Crippen LogP contribution in [0, 0.1) is 17.1 Å². The van der Waals surface area contributed by atoms with Gasteiger partial charge in [0.25, 0.3) is 5.78 Å². The SMILES string of the molecule is N#Cc1c(Cl)ccc(C(=O)C(F)(F)F)c1F. The van der Waals surface area contributed by atoms with Crippen LogP contribution in [-0.2, 0) is 0 Å². The third-order valence-corrected chi connectivity index (χ3v) is 2.02. The molecule has 0 amide bonds. The molecule has 0 saturated heterocycles. The predicted molar refractivity (Wildman–Crippen MR) is 46.5 cm³/mol. The van der Waals surface area contributed by atoms with Crippen molar-refractivity contribution in [1.29, 1.82) is 5.26 Å². The Morgan fingerprint density at radius 2 is 1.94 bits per heavy atom. The highest BCUT2D eigenvalue weighted by molar-refractivity contribution is 6.31. The van der Waals surface area contributed by atoms with E-state index in [1.165, 1.54) is 6.07 Å². The summed E-state index contributed by atoms with van der Waals surface area (Å²) in [6.07, 6.45) is -5.19. The number of carbonyl (C=O) groups excluding carboxylic acids is 1. The van der Waals surface area contributed by atoms with Gasteiger partial charge in [-0.1, -0.05) is 11.6 Å². The molecule has 1 aromatic rings. The van der Waals surface area contributed by atoms with Crippen LogP contribution in [0.15, 0.2) is 12.1 Å². The normalized spacial score (nSPS) is 11.0. The maximum absolute atomic E-state index is 13.3. The molecule has 1 aromatic carbocycles. The number of hydrogen-bond acceptors (Lipinski definition) is 2. The predicted octanol–water partition coefficient (Wildman–Crippen LogP) is 3.10. The van der Waals surface area contributed by atoms with E-state index in [1.54, 1.807) is 0 Å². The molecular weight excluding hydrogens is 250 g/mol. The van der Waals surface area contributed by atoms with Crippen molar-refractivity contribution in [3.63, 3.8) is 0 Å². The van der Waals surface area contributed by atoms with Crippen LogP contribution in [0.5, 0.6) is 0 Å². The molecule has 0 radical (unpaired) electrons. The van der Waals surface area contributed by atoms with Gasteiger partial charge in [0.1, 0.15) is 11.6 Å². The first-order valence-electron chi connectivity index (χ1n) is 3.78. The largest absolute Gasteiger partial charge is 0.454 e. The zero-order chi connectivity index (χ0) is 12.5. The van der Waals surface area contributed by atoms with E-state index in [2.05, 4.69) is 0 Å². The standard InChI is InChI=1S/C9H2ClF4NO/c10-6-2-1-4(7(11)5(6)3-15)8(16)9(12,13)14/h1-2H. The molecule has 0 saturated carbocycles. The van der Waals surface area contributed by atoms with Crippen LogP contribution < -0.4 is 0 Å². The minimum absolute atomic E-state index is 0.348. The molecule has 0 bridgehead atoms. The van der Waals surface area contributed by atoms with E-state index in [4.69, 9.17) is 16.9 Å². The maximum atomic E-state index is 13.3. The van der Waals surface area contributed by atoms with E-state index in [9.17, 15) is 22.4 Å². The van der Waals surface area contributed by atoms with E-state index >= 15 is 0 Å². The third kappa shape index (κ3) is 2.14. The molecule has 0 aliphatic heterocycles. The molecule has 0 spiro atoms. The Hall–Kier alpha value is -1.61. The molecule has 0 aromatic heterocycles. The number of Topliss-reactive ketones (excluding diaryl/α,β-unsaturated/α-hetero) is 1. The summed E-state index contributed by atoms with van der Waals surface area (Å²) in [6.45, 7) is 0. The van der Waals surface area contributed by atoms with Gasteiger partial charge in [-0.2, -0.15) is 18.4 Å². The van der Waals surface area contributed by atoms with Gasteiger partial charge in [-0.3, -0.25) is 4.79 Å². The second-order valence-corrected chi connectivity index (χ2v) is 3.13. The molecule has 0 N–H and O–H groups in total. The summed E-state index contributed by atoms with van der Waals surface area (Å²) in [7, 11) is 0. The number of rotatable bonds is 1. The van der Waals surface area contributed by atoms with Crippen LogP contribution in [0.2, 0.25) is 5.02 Å². The van der Waals surface area contributed by atoms with Gasteiger partial charge in [0.05, 0.1) is 10.6 Å². The number of nitrogens with zero attached hydrogens (tertiary/aromatic N) is 1. The van der Waals surface area contributed by atoms with Crippen molar-refractivity contribution in [2.45, 2.75) is 6.18 Å². The fraction of sp³-hybridized carbons (Fsp3) is 0.111. The van der Waals surface area contributed by atoms with E-state index in [0.29, 0.717) is 6.07 Å². The number of alkyl halides is 3. The van der Waals surface area contributed by atoms with Crippen molar-refractivity contribution < 1.29 is 22.4 Å². The smallest absolute Gasteiger partial charge is 0.284 e. The Morgan fingerprint density at radius 3 is 2.38 bits per heavy atom. The number of benzene rings is 1. The highest BCUT2D eigenvalue weighted by atomic mass is 35.5. The van der Waals surface area contributed by atoms with E-state index < -0.39 is 28.9 Å². The van der Waals surface area contributed by atoms with E-state index in [-0.39, 0.29) is 5.02 Å². The van der Waals surface area contributed by atoms with E-state index in [1.807, 2.05) is 0 Å². The summed E-state index contributed by atoms with van der Waals surface area (Å²) >= 11 is 5.37. The van der Waals surface area contributed by atoms with Crippen LogP contribution in [0.1, 0.15) is 15.9 Å². The molecule has 84 valence electrons. The topological polar surface area (TPSA) is 40.9 Å². The minimum atomic E-state index is -5.19. The van der Waals surface area contributed by atoms with Crippen LogP contribution in [0.3, 0.4) is 0 Å². The van der Waals surface area contributed by atoms with Crippen molar-refractivity contribution in [3.8, 4) is 6.07 Å². The second-order valence-electron chi connectivity index (χ2n) is 2.72. The van der Waals surface area contributed by atoms with Gasteiger partial charge in [-0.15, -0.1) is 0 Å². The van der Waals surface area contributed by atoms with Crippen molar-refractivity contribution in [2.24, 2.45) is 0 Å². The average Bonchev–Trinajstić information content (AvgIpc) is 2.16. The second kappa shape index (κ2) is 4.10. The van der Waals surface area contributed by atoms with Gasteiger partial charge in [-0.25, -0.2) is 4.39 Å². The minimum Gasteiger partial charge on any atom is -0.284 e. The summed E-state index contributed by atoms with van der Waals surface area (Å²) in [4.78, 5) is 10.7. The monoisotopic (exact) mass is 251 g/mol. The zero-order valence-electron chi connectivity index (χ0n) is 7.40. The molecule has 0 unspecified atom stereocenters. The van der Waals surface area contributed by atoms with Gasteiger partial charge in [-0.05, 0) is 12.1 Å². The van der Waals surface area contributed by atoms with Gasteiger partial charge in [0.2, 0.25) is 0 Å². The fourth-order valence-corrected chi connectivity index (χ4v) is 1.17. The quantitative estimate of drug-likeness (QED) is 0.568. The first-order chi connectivity index (χ1) is 7.29. The fourth-order valence-electron chi connectivity index (χ4n) is 0.983. The molecule has 0 heterocycles. The van der Waals surface area contributed by atoms with Crippen LogP contribution >= 0.6 is 11.6 Å². The summed E-state index contributed by atoms with van der Waals surface area (Å²) in [5, 5.41) is 8.09. The molecule has 0 fully saturated rings. The number of halogens is 5. The molecule has 0 atom stereocenters. The Kier molecular flexibility index (Phi) is 3.19. The lowest BCUT2D eigenvalue weighted by molar-refractivity contribution is -0.0887. The lowest BCUT2D eigenvalue weighted by Gasteiger charge is -2.07. The molecule has 7 heteroatoms. The number of hydrogen-bond donors (Lipinski definition) is 0. The van der Waals surface area contributed by atoms with Crippen LogP contribution in [-0.4, -0.2) is 12.0 Å². The molecule has 0 aliphatic carbocycles. The van der Waals surface area contributed by atoms with Crippen molar-refractivity contribution in [3.05, 3.63) is 34.1 Å². The first-order valence-corrected chi connectivity index (χ1v) is 4.16. The third-order valence-electron chi connectivity index (χ3n) is 1.71. The Bertz CT molecular complexity index is 490. The highest BCUT2D eigenvalue weighted by Gasteiger charge is 2.41. The summed E-state index contributed by atoms with van der Waals surface area (Å²) in [6, 6.07) is 2.74. The van der Waals surface area contributed by atoms with Crippen LogP contribution in [0.25, 0.3) is 0 Å². The van der Waals surface area contributed by atoms with Crippen LogP contribution in [0.4, 0.5) is 17.6 Å². The maximum Gasteiger partial charge on any atom is 0.454 e. The number of carbonyl (C=O) groups is 1. The Morgan fingerprint density at radius 1 is 1.38 bits per heavy atom. The summed E-state index contributed by atoms with van der Waals surface area (Å²) in [5.41, 5.74) is -2.00. The van der Waals surface area contributed by atoms with Gasteiger partial charge >= 0.3 is 6.18 Å². The van der Waals surface area contributed by atoms with Gasteiger partial charge in [0.15, 0.2) is 5.82 Å². The van der Waals surface area contributed by atoms with Gasteiger partial charge < -0.3 is 0 Å². The molecule has 1 rings (SSSR count). The molecule has 2 nitrogen and oxygen atoms in total. The Balaban J connectivity index is 3.40. The number of nitriles is 1. The molecular formula is C9H2ClF4NO. The molecule has 16 heavy (non-hydrogen) atoms. The lowest BCUT2D eigenvalue weighted by atomic mass is 10.1. The van der Waals surface area contributed by atoms with Gasteiger partial charge in [0, 0.05) is 0 Å². The number of ketones is 1. The van der Waals surface area contributed by atoms with Crippen molar-refractivity contribution in [2.75, 3.05) is 0 Å². The lowest BCUT2D eigenvalue weighted by Crippen LogP contribution is -2.24. The average molecular weight is 252 g/mol. The molecule has 0 aliphatic rings. The Labute approximate surface area is 92.0 Å². The first kappa shape index (κ1) is 12.5. The zero-order valence-corrected chi connectivity index (χ0v) is 8.16. The van der Waals surface area contributed by atoms with E-state index in [0.717, 1.165) is 6.07 Å².